The molecule has 23 heavy (non-hydrogen) atoms. The first-order valence-corrected chi connectivity index (χ1v) is 9.03. The molecule has 0 aliphatic carbocycles. The van der Waals surface area contributed by atoms with Crippen molar-refractivity contribution in [2.45, 2.75) is 52.9 Å². The Balaban J connectivity index is 1.89. The van der Waals surface area contributed by atoms with Gasteiger partial charge in [0.15, 0.2) is 5.79 Å². The molecule has 0 saturated carbocycles. The number of hydrogen-bond donors (Lipinski definition) is 0. The number of likely N-dealkylation sites (tertiary alicyclic amines) is 1. The monoisotopic (exact) mass is 319 g/mol. The van der Waals surface area contributed by atoms with Crippen LogP contribution in [0.25, 0.3) is 0 Å². The topological polar surface area (TPSA) is 21.7 Å². The number of nitrogens with zero attached hydrogens (tertiary/aromatic N) is 1. The minimum Gasteiger partial charge on any atom is -0.350 e. The van der Waals surface area contributed by atoms with Crippen LogP contribution in [0.3, 0.4) is 0 Å². The van der Waals surface area contributed by atoms with Crippen molar-refractivity contribution >= 4 is 0 Å². The Morgan fingerprint density at radius 1 is 0.913 bits per heavy atom. The third kappa shape index (κ3) is 6.25. The molecule has 1 aromatic rings. The van der Waals surface area contributed by atoms with Gasteiger partial charge in [0.05, 0.1) is 13.2 Å². The van der Waals surface area contributed by atoms with Gasteiger partial charge in [-0.25, -0.2) is 0 Å². The summed E-state index contributed by atoms with van der Waals surface area (Å²) in [4.78, 5) is 2.51. The highest BCUT2D eigenvalue weighted by molar-refractivity contribution is 5.14. The minimum absolute atomic E-state index is 0.373. The second kappa shape index (κ2) is 8.81. The molecule has 0 amide bonds. The van der Waals surface area contributed by atoms with E-state index in [1.807, 2.05) is 0 Å². The molecule has 0 unspecified atom stereocenters. The van der Waals surface area contributed by atoms with Crippen molar-refractivity contribution < 1.29 is 9.47 Å². The van der Waals surface area contributed by atoms with Crippen molar-refractivity contribution in [1.82, 2.24) is 4.90 Å². The zero-order chi connectivity index (χ0) is 16.7. The summed E-state index contributed by atoms with van der Waals surface area (Å²) in [5, 5.41) is 0. The predicted octanol–water partition coefficient (Wildman–Crippen LogP) is 4.32. The van der Waals surface area contributed by atoms with Gasteiger partial charge < -0.3 is 9.47 Å². The molecule has 1 aromatic carbocycles. The summed E-state index contributed by atoms with van der Waals surface area (Å²) >= 11 is 0. The Morgan fingerprint density at radius 3 is 1.91 bits per heavy atom. The second-order valence-electron chi connectivity index (χ2n) is 7.58. The predicted molar refractivity (Wildman–Crippen MR) is 95.3 cm³/mol. The zero-order valence-electron chi connectivity index (χ0n) is 15.3. The molecule has 0 N–H and O–H groups in total. The van der Waals surface area contributed by atoms with E-state index in [-0.39, 0.29) is 5.79 Å². The first kappa shape index (κ1) is 18.4. The van der Waals surface area contributed by atoms with E-state index < -0.39 is 0 Å². The molecule has 2 rings (SSSR count). The summed E-state index contributed by atoms with van der Waals surface area (Å²) < 4.78 is 12.5. The van der Waals surface area contributed by atoms with Gasteiger partial charge in [0.25, 0.3) is 0 Å². The maximum absolute atomic E-state index is 6.23. The molecule has 1 aliphatic rings. The van der Waals surface area contributed by atoms with Gasteiger partial charge in [-0.2, -0.15) is 0 Å². The molecule has 0 atom stereocenters. The van der Waals surface area contributed by atoms with Crippen molar-refractivity contribution in [3.8, 4) is 0 Å². The molecule has 0 spiro atoms. The Bertz CT molecular complexity index is 422. The molecular formula is C20H33NO2. The average Bonchev–Trinajstić information content (AvgIpc) is 2.54. The van der Waals surface area contributed by atoms with Crippen LogP contribution in [0.2, 0.25) is 0 Å². The van der Waals surface area contributed by atoms with Gasteiger partial charge in [0.2, 0.25) is 0 Å². The van der Waals surface area contributed by atoms with Crippen molar-refractivity contribution in [2.75, 3.05) is 26.3 Å². The Morgan fingerprint density at radius 2 is 1.43 bits per heavy atom. The fraction of sp³-hybridized carbons (Fsp3) is 0.700. The third-order valence-electron chi connectivity index (χ3n) is 4.23. The van der Waals surface area contributed by atoms with Gasteiger partial charge in [-0.3, -0.25) is 4.90 Å². The second-order valence-corrected chi connectivity index (χ2v) is 7.58. The lowest BCUT2D eigenvalue weighted by Crippen LogP contribution is -2.48. The van der Waals surface area contributed by atoms with Gasteiger partial charge in [-0.1, -0.05) is 58.0 Å². The molecule has 0 aromatic heterocycles. The van der Waals surface area contributed by atoms with E-state index in [1.54, 1.807) is 0 Å². The SMILES string of the molecule is CC(C)COC1(OCC(C)C)CCN(Cc2ccccc2)CC1. The van der Waals surface area contributed by atoms with Crippen molar-refractivity contribution in [3.63, 3.8) is 0 Å². The van der Waals surface area contributed by atoms with E-state index in [0.29, 0.717) is 11.8 Å². The summed E-state index contributed by atoms with van der Waals surface area (Å²) in [5.41, 5.74) is 1.38. The van der Waals surface area contributed by atoms with E-state index in [2.05, 4.69) is 62.9 Å². The third-order valence-corrected chi connectivity index (χ3v) is 4.23. The summed E-state index contributed by atoms with van der Waals surface area (Å²) in [5.74, 6) is 0.704. The smallest absolute Gasteiger partial charge is 0.170 e. The summed E-state index contributed by atoms with van der Waals surface area (Å²) in [6, 6.07) is 10.7. The lowest BCUT2D eigenvalue weighted by atomic mass is 10.0. The maximum atomic E-state index is 6.23. The Labute approximate surface area is 142 Å². The van der Waals surface area contributed by atoms with Crippen LogP contribution >= 0.6 is 0 Å². The summed E-state index contributed by atoms with van der Waals surface area (Å²) in [6.45, 7) is 13.4. The largest absolute Gasteiger partial charge is 0.350 e. The maximum Gasteiger partial charge on any atom is 0.170 e. The molecule has 1 saturated heterocycles. The Kier molecular flexibility index (Phi) is 7.07. The van der Waals surface area contributed by atoms with Crippen molar-refractivity contribution in [2.24, 2.45) is 11.8 Å². The van der Waals surface area contributed by atoms with Crippen LogP contribution in [-0.4, -0.2) is 37.0 Å². The quantitative estimate of drug-likeness (QED) is 0.666. The van der Waals surface area contributed by atoms with Crippen LogP contribution in [-0.2, 0) is 16.0 Å². The van der Waals surface area contributed by atoms with E-state index in [0.717, 1.165) is 45.7 Å². The first-order chi connectivity index (χ1) is 11.0. The highest BCUT2D eigenvalue weighted by atomic mass is 16.7. The van der Waals surface area contributed by atoms with Gasteiger partial charge >= 0.3 is 0 Å². The number of benzene rings is 1. The van der Waals surface area contributed by atoms with Crippen LogP contribution < -0.4 is 0 Å². The minimum atomic E-state index is -0.373. The highest BCUT2D eigenvalue weighted by Crippen LogP contribution is 2.30. The molecule has 130 valence electrons. The van der Waals surface area contributed by atoms with Gasteiger partial charge in [0.1, 0.15) is 0 Å². The molecule has 3 nitrogen and oxygen atoms in total. The van der Waals surface area contributed by atoms with Crippen LogP contribution in [0, 0.1) is 11.8 Å². The zero-order valence-corrected chi connectivity index (χ0v) is 15.3. The summed E-state index contributed by atoms with van der Waals surface area (Å²) in [7, 11) is 0. The van der Waals surface area contributed by atoms with E-state index in [9.17, 15) is 0 Å². The molecule has 1 aliphatic heterocycles. The fourth-order valence-corrected chi connectivity index (χ4v) is 2.86. The molecule has 0 radical (unpaired) electrons. The summed E-state index contributed by atoms with van der Waals surface area (Å²) in [6.07, 6.45) is 1.92. The lowest BCUT2D eigenvalue weighted by Gasteiger charge is -2.42. The molecule has 0 bridgehead atoms. The van der Waals surface area contributed by atoms with Crippen LogP contribution in [0.15, 0.2) is 30.3 Å². The van der Waals surface area contributed by atoms with Crippen molar-refractivity contribution in [1.29, 1.82) is 0 Å². The van der Waals surface area contributed by atoms with Crippen LogP contribution in [0.5, 0.6) is 0 Å². The van der Waals surface area contributed by atoms with E-state index >= 15 is 0 Å². The molecule has 1 fully saturated rings. The highest BCUT2D eigenvalue weighted by Gasteiger charge is 2.36. The van der Waals surface area contributed by atoms with Crippen LogP contribution in [0.1, 0.15) is 46.1 Å². The standard InChI is InChI=1S/C20H33NO2/c1-17(2)15-22-20(23-16-18(3)4)10-12-21(13-11-20)14-19-8-6-5-7-9-19/h5-9,17-18H,10-16H2,1-4H3. The first-order valence-electron chi connectivity index (χ1n) is 9.03. The van der Waals surface area contributed by atoms with Gasteiger partial charge in [0, 0.05) is 32.5 Å². The normalized spacial score (nSPS) is 18.7. The van der Waals surface area contributed by atoms with Crippen LogP contribution in [0.4, 0.5) is 0 Å². The Hall–Kier alpha value is -0.900. The van der Waals surface area contributed by atoms with E-state index in [1.165, 1.54) is 5.56 Å². The molecule has 1 heterocycles. The molecule has 3 heteroatoms. The number of ether oxygens (including phenoxy) is 2. The van der Waals surface area contributed by atoms with E-state index in [4.69, 9.17) is 9.47 Å². The van der Waals surface area contributed by atoms with Gasteiger partial charge in [-0.15, -0.1) is 0 Å². The fourth-order valence-electron chi connectivity index (χ4n) is 2.86. The average molecular weight is 319 g/mol. The van der Waals surface area contributed by atoms with Crippen molar-refractivity contribution in [3.05, 3.63) is 35.9 Å². The molecular weight excluding hydrogens is 286 g/mol. The van der Waals surface area contributed by atoms with Gasteiger partial charge in [-0.05, 0) is 17.4 Å². The number of rotatable bonds is 8. The lowest BCUT2D eigenvalue weighted by molar-refractivity contribution is -0.265. The number of hydrogen-bond acceptors (Lipinski definition) is 3. The number of piperidine rings is 1.